The molecule has 1 N–H and O–H groups in total. The fourth-order valence-electron chi connectivity index (χ4n) is 3.21. The first-order chi connectivity index (χ1) is 12.1. The van der Waals surface area contributed by atoms with Gasteiger partial charge in [0.1, 0.15) is 18.3 Å². The van der Waals surface area contributed by atoms with E-state index in [1.807, 2.05) is 0 Å². The van der Waals surface area contributed by atoms with E-state index in [-0.39, 0.29) is 28.9 Å². The van der Waals surface area contributed by atoms with Crippen molar-refractivity contribution in [2.75, 3.05) is 0 Å². The Morgan fingerprint density at radius 2 is 1.92 bits per heavy atom. The lowest BCUT2D eigenvalue weighted by Gasteiger charge is -2.21. The Balaban J connectivity index is 1.78. The van der Waals surface area contributed by atoms with Crippen LogP contribution in [0.2, 0.25) is 0 Å². The van der Waals surface area contributed by atoms with E-state index in [2.05, 4.69) is 15.4 Å². The van der Waals surface area contributed by atoms with Crippen LogP contribution in [0.5, 0.6) is 0 Å². The van der Waals surface area contributed by atoms with Crippen molar-refractivity contribution >= 4 is 11.6 Å². The van der Waals surface area contributed by atoms with Gasteiger partial charge in [-0.05, 0) is 25.0 Å². The van der Waals surface area contributed by atoms with Crippen LogP contribution in [-0.2, 0) is 0 Å². The standard InChI is InChI=1S/C17H21N5O3/c23-17(20-14-6-4-2-1-3-5-7-14)13-8-9-15(16(10-13)22(24)25)21-12-18-11-19-21/h8-12,14H,1-7H2,(H,20,23). The van der Waals surface area contributed by atoms with Crippen LogP contribution >= 0.6 is 0 Å². The molecule has 1 fully saturated rings. The lowest BCUT2D eigenvalue weighted by Crippen LogP contribution is -2.35. The minimum absolute atomic E-state index is 0.141. The Bertz CT molecular complexity index is 737. The van der Waals surface area contributed by atoms with Crippen molar-refractivity contribution in [3.05, 3.63) is 46.5 Å². The molecule has 1 aliphatic rings. The van der Waals surface area contributed by atoms with Gasteiger partial charge < -0.3 is 5.32 Å². The number of nitro groups is 1. The molecule has 0 radical (unpaired) electrons. The molecule has 0 atom stereocenters. The van der Waals surface area contributed by atoms with Gasteiger partial charge in [-0.3, -0.25) is 14.9 Å². The number of amides is 1. The Morgan fingerprint density at radius 1 is 1.20 bits per heavy atom. The van der Waals surface area contributed by atoms with Crippen LogP contribution in [0.3, 0.4) is 0 Å². The van der Waals surface area contributed by atoms with Crippen molar-refractivity contribution < 1.29 is 9.72 Å². The van der Waals surface area contributed by atoms with Gasteiger partial charge in [0.15, 0.2) is 0 Å². The van der Waals surface area contributed by atoms with Gasteiger partial charge in [0.05, 0.1) is 4.92 Å². The number of hydrogen-bond donors (Lipinski definition) is 1. The number of benzene rings is 1. The van der Waals surface area contributed by atoms with Gasteiger partial charge in [-0.25, -0.2) is 9.67 Å². The summed E-state index contributed by atoms with van der Waals surface area (Å²) in [6.07, 6.45) is 10.5. The second kappa shape index (κ2) is 7.87. The smallest absolute Gasteiger partial charge is 0.295 e. The lowest BCUT2D eigenvalue weighted by molar-refractivity contribution is -0.384. The van der Waals surface area contributed by atoms with E-state index in [0.29, 0.717) is 0 Å². The number of rotatable bonds is 4. The molecule has 0 unspecified atom stereocenters. The molecule has 25 heavy (non-hydrogen) atoms. The van der Waals surface area contributed by atoms with Crippen molar-refractivity contribution in [3.8, 4) is 5.69 Å². The van der Waals surface area contributed by atoms with Crippen molar-refractivity contribution in [1.82, 2.24) is 20.1 Å². The molecule has 1 aromatic carbocycles. The van der Waals surface area contributed by atoms with Crippen LogP contribution < -0.4 is 5.32 Å². The van der Waals surface area contributed by atoms with E-state index >= 15 is 0 Å². The molecule has 2 aromatic rings. The first-order valence-corrected chi connectivity index (χ1v) is 8.59. The summed E-state index contributed by atoms with van der Waals surface area (Å²) in [7, 11) is 0. The van der Waals surface area contributed by atoms with Crippen molar-refractivity contribution in [3.63, 3.8) is 0 Å². The molecule has 1 aromatic heterocycles. The molecule has 1 saturated carbocycles. The highest BCUT2D eigenvalue weighted by Gasteiger charge is 2.21. The maximum Gasteiger partial charge on any atom is 0.295 e. The summed E-state index contributed by atoms with van der Waals surface area (Å²) in [5, 5.41) is 18.3. The summed E-state index contributed by atoms with van der Waals surface area (Å²) < 4.78 is 1.31. The van der Waals surface area contributed by atoms with Crippen LogP contribution in [0.1, 0.15) is 55.3 Å². The van der Waals surface area contributed by atoms with Crippen molar-refractivity contribution in [1.29, 1.82) is 0 Å². The fraction of sp³-hybridized carbons (Fsp3) is 0.471. The number of carbonyl (C=O) groups is 1. The van der Waals surface area contributed by atoms with Gasteiger partial charge in [-0.1, -0.05) is 32.1 Å². The van der Waals surface area contributed by atoms with Gasteiger partial charge in [0.25, 0.3) is 11.6 Å². The summed E-state index contributed by atoms with van der Waals surface area (Å²) in [5.41, 5.74) is 0.401. The van der Waals surface area contributed by atoms with E-state index in [4.69, 9.17) is 0 Å². The maximum atomic E-state index is 12.5. The number of hydrogen-bond acceptors (Lipinski definition) is 5. The first-order valence-electron chi connectivity index (χ1n) is 8.59. The zero-order valence-corrected chi connectivity index (χ0v) is 13.9. The van der Waals surface area contributed by atoms with E-state index < -0.39 is 4.92 Å². The Kier molecular flexibility index (Phi) is 5.37. The number of nitrogens with one attached hydrogen (secondary N) is 1. The maximum absolute atomic E-state index is 12.5. The summed E-state index contributed by atoms with van der Waals surface area (Å²) in [5.74, 6) is -0.265. The third-order valence-corrected chi connectivity index (χ3v) is 4.54. The summed E-state index contributed by atoms with van der Waals surface area (Å²) >= 11 is 0. The van der Waals surface area contributed by atoms with Gasteiger partial charge in [0.2, 0.25) is 0 Å². The molecule has 8 nitrogen and oxygen atoms in total. The highest BCUT2D eigenvalue weighted by molar-refractivity contribution is 5.95. The van der Waals surface area contributed by atoms with Crippen LogP contribution in [0.4, 0.5) is 5.69 Å². The number of nitro benzene ring substituents is 1. The number of aromatic nitrogens is 3. The SMILES string of the molecule is O=C(NC1CCCCCCC1)c1ccc(-n2cncn2)c([N+](=O)[O-])c1. The third-order valence-electron chi connectivity index (χ3n) is 4.54. The van der Waals surface area contributed by atoms with Gasteiger partial charge >= 0.3 is 0 Å². The molecular formula is C17H21N5O3. The molecule has 1 aliphatic carbocycles. The summed E-state index contributed by atoms with van der Waals surface area (Å²) in [6, 6.07) is 4.55. The zero-order valence-electron chi connectivity index (χ0n) is 13.9. The average Bonchev–Trinajstić information content (AvgIpc) is 3.11. The third kappa shape index (κ3) is 4.20. The summed E-state index contributed by atoms with van der Waals surface area (Å²) in [4.78, 5) is 27.2. The van der Waals surface area contributed by atoms with Crippen LogP contribution in [0, 0.1) is 10.1 Å². The topological polar surface area (TPSA) is 103 Å². The molecule has 0 aliphatic heterocycles. The minimum atomic E-state index is -0.510. The summed E-state index contributed by atoms with van der Waals surface area (Å²) in [6.45, 7) is 0. The predicted molar refractivity (Wildman–Crippen MR) is 91.6 cm³/mol. The molecule has 132 valence electrons. The molecule has 0 saturated heterocycles. The molecule has 8 heteroatoms. The van der Waals surface area contributed by atoms with Gasteiger partial charge in [-0.15, -0.1) is 0 Å². The monoisotopic (exact) mass is 343 g/mol. The second-order valence-corrected chi connectivity index (χ2v) is 6.32. The van der Waals surface area contributed by atoms with Gasteiger partial charge in [-0.2, -0.15) is 5.10 Å². The number of carbonyl (C=O) groups excluding carboxylic acids is 1. The Morgan fingerprint density at radius 3 is 2.56 bits per heavy atom. The van der Waals surface area contributed by atoms with Crippen molar-refractivity contribution in [2.45, 2.75) is 51.0 Å². The quantitative estimate of drug-likeness (QED) is 0.679. The Hall–Kier alpha value is -2.77. The van der Waals surface area contributed by atoms with E-state index in [9.17, 15) is 14.9 Å². The predicted octanol–water partition coefficient (Wildman–Crippen LogP) is 3.02. The van der Waals surface area contributed by atoms with E-state index in [1.54, 1.807) is 6.07 Å². The van der Waals surface area contributed by atoms with Gasteiger partial charge in [0, 0.05) is 17.7 Å². The van der Waals surface area contributed by atoms with E-state index in [0.717, 1.165) is 25.7 Å². The Labute approximate surface area is 145 Å². The van der Waals surface area contributed by atoms with E-state index in [1.165, 1.54) is 48.7 Å². The zero-order chi connectivity index (χ0) is 17.6. The van der Waals surface area contributed by atoms with Crippen LogP contribution in [0.15, 0.2) is 30.9 Å². The highest BCUT2D eigenvalue weighted by Crippen LogP contribution is 2.24. The second-order valence-electron chi connectivity index (χ2n) is 6.32. The minimum Gasteiger partial charge on any atom is -0.349 e. The first kappa shape index (κ1) is 17.1. The normalized spacial score (nSPS) is 16.0. The highest BCUT2D eigenvalue weighted by atomic mass is 16.6. The van der Waals surface area contributed by atoms with Crippen molar-refractivity contribution in [2.24, 2.45) is 0 Å². The molecule has 0 bridgehead atoms. The molecular weight excluding hydrogens is 322 g/mol. The number of nitrogens with zero attached hydrogens (tertiary/aromatic N) is 4. The molecule has 0 spiro atoms. The van der Waals surface area contributed by atoms with Crippen LogP contribution in [0.25, 0.3) is 5.69 Å². The molecule has 3 rings (SSSR count). The lowest BCUT2D eigenvalue weighted by atomic mass is 9.96. The largest absolute Gasteiger partial charge is 0.349 e. The molecule has 1 amide bonds. The van der Waals surface area contributed by atoms with Crippen LogP contribution in [-0.4, -0.2) is 31.6 Å². The fourth-order valence-corrected chi connectivity index (χ4v) is 3.21. The average molecular weight is 343 g/mol. The molecule has 1 heterocycles.